The highest BCUT2D eigenvalue weighted by molar-refractivity contribution is 5.90. The molecule has 0 aliphatic heterocycles. The number of hydrogen-bond acceptors (Lipinski definition) is 3. The van der Waals surface area contributed by atoms with E-state index >= 15 is 0 Å². The normalized spacial score (nSPS) is 9.60. The summed E-state index contributed by atoms with van der Waals surface area (Å²) in [5.74, 6) is -0.318. The zero-order valence-electron chi connectivity index (χ0n) is 9.50. The van der Waals surface area contributed by atoms with Gasteiger partial charge in [-0.3, -0.25) is 4.99 Å². The summed E-state index contributed by atoms with van der Waals surface area (Å²) in [6.45, 7) is 5.80. The molecule has 80 valence electrons. The lowest BCUT2D eigenvalue weighted by Crippen LogP contribution is -2.01. The summed E-state index contributed by atoms with van der Waals surface area (Å²) in [5, 5.41) is 0. The van der Waals surface area contributed by atoms with Crippen LogP contribution >= 0.6 is 0 Å². The summed E-state index contributed by atoms with van der Waals surface area (Å²) in [4.78, 5) is 15.6. The molecule has 1 rings (SSSR count). The average Bonchev–Trinajstić information content (AvgIpc) is 2.19. The maximum Gasteiger partial charge on any atom is 0.337 e. The average molecular weight is 205 g/mol. The van der Waals surface area contributed by atoms with Crippen LogP contribution in [0.1, 0.15) is 29.8 Å². The van der Waals surface area contributed by atoms with Crippen LogP contribution in [-0.4, -0.2) is 18.8 Å². The Hall–Kier alpha value is -1.64. The van der Waals surface area contributed by atoms with Gasteiger partial charge in [0.2, 0.25) is 0 Å². The Morgan fingerprint density at radius 2 is 2.00 bits per heavy atom. The van der Waals surface area contributed by atoms with E-state index in [1.165, 1.54) is 7.11 Å². The molecular formula is C12H15NO2. The second kappa shape index (κ2) is 4.73. The van der Waals surface area contributed by atoms with Crippen LogP contribution in [0.15, 0.2) is 23.2 Å². The highest BCUT2D eigenvalue weighted by atomic mass is 16.5. The van der Waals surface area contributed by atoms with Gasteiger partial charge in [-0.05, 0) is 44.5 Å². The molecule has 3 heteroatoms. The first kappa shape index (κ1) is 11.4. The van der Waals surface area contributed by atoms with E-state index in [9.17, 15) is 4.79 Å². The van der Waals surface area contributed by atoms with Crippen molar-refractivity contribution in [2.75, 3.05) is 7.11 Å². The minimum Gasteiger partial charge on any atom is -0.465 e. The van der Waals surface area contributed by atoms with Crippen molar-refractivity contribution in [1.29, 1.82) is 0 Å². The van der Waals surface area contributed by atoms with E-state index < -0.39 is 0 Å². The molecule has 0 bridgehead atoms. The number of hydrogen-bond donors (Lipinski definition) is 0. The van der Waals surface area contributed by atoms with Crippen LogP contribution < -0.4 is 0 Å². The summed E-state index contributed by atoms with van der Waals surface area (Å²) < 4.78 is 4.64. The Morgan fingerprint density at radius 1 is 1.33 bits per heavy atom. The van der Waals surface area contributed by atoms with Gasteiger partial charge in [0.05, 0.1) is 18.4 Å². The summed E-state index contributed by atoms with van der Waals surface area (Å²) in [6.07, 6.45) is 0. The number of esters is 1. The SMILES string of the molecule is COC(=O)c1ccc(N=C(C)C)c(C)c1. The van der Waals surface area contributed by atoms with E-state index in [-0.39, 0.29) is 5.97 Å². The first-order chi connectivity index (χ1) is 7.04. The number of aliphatic imine (C=N–C) groups is 1. The lowest BCUT2D eigenvalue weighted by Gasteiger charge is -2.04. The molecule has 0 saturated carbocycles. The maximum atomic E-state index is 11.2. The van der Waals surface area contributed by atoms with Gasteiger partial charge in [-0.25, -0.2) is 4.79 Å². The van der Waals surface area contributed by atoms with Crippen molar-refractivity contribution in [2.24, 2.45) is 4.99 Å². The molecule has 1 aromatic rings. The molecule has 15 heavy (non-hydrogen) atoms. The van der Waals surface area contributed by atoms with Crippen LogP contribution in [0.5, 0.6) is 0 Å². The van der Waals surface area contributed by atoms with Gasteiger partial charge < -0.3 is 4.74 Å². The molecule has 0 amide bonds. The van der Waals surface area contributed by atoms with Crippen molar-refractivity contribution in [2.45, 2.75) is 20.8 Å². The molecule has 0 radical (unpaired) electrons. The van der Waals surface area contributed by atoms with E-state index in [4.69, 9.17) is 0 Å². The second-order valence-corrected chi connectivity index (χ2v) is 3.55. The first-order valence-corrected chi connectivity index (χ1v) is 4.75. The topological polar surface area (TPSA) is 38.7 Å². The van der Waals surface area contributed by atoms with E-state index in [1.54, 1.807) is 12.1 Å². The molecule has 3 nitrogen and oxygen atoms in total. The molecule has 0 N–H and O–H groups in total. The molecule has 0 saturated heterocycles. The van der Waals surface area contributed by atoms with Crippen LogP contribution in [0.3, 0.4) is 0 Å². The Kier molecular flexibility index (Phi) is 3.61. The minimum atomic E-state index is -0.318. The smallest absolute Gasteiger partial charge is 0.337 e. The lowest BCUT2D eigenvalue weighted by atomic mass is 10.1. The van der Waals surface area contributed by atoms with Crippen molar-refractivity contribution >= 4 is 17.4 Å². The van der Waals surface area contributed by atoms with Gasteiger partial charge in [0.1, 0.15) is 0 Å². The van der Waals surface area contributed by atoms with Crippen LogP contribution in [-0.2, 0) is 4.74 Å². The number of nitrogens with zero attached hydrogens (tertiary/aromatic N) is 1. The van der Waals surface area contributed by atoms with Gasteiger partial charge in [0.25, 0.3) is 0 Å². The zero-order chi connectivity index (χ0) is 11.4. The molecule has 1 aromatic carbocycles. The molecule has 0 heterocycles. The molecule has 0 unspecified atom stereocenters. The molecular weight excluding hydrogens is 190 g/mol. The number of carbonyl (C=O) groups excluding carboxylic acids is 1. The van der Waals surface area contributed by atoms with Gasteiger partial charge in [-0.1, -0.05) is 0 Å². The lowest BCUT2D eigenvalue weighted by molar-refractivity contribution is 0.0600. The fourth-order valence-corrected chi connectivity index (χ4v) is 1.27. The summed E-state index contributed by atoms with van der Waals surface area (Å²) in [6, 6.07) is 5.34. The summed E-state index contributed by atoms with van der Waals surface area (Å²) in [7, 11) is 1.37. The third-order valence-electron chi connectivity index (χ3n) is 1.96. The number of aryl methyl sites for hydroxylation is 1. The van der Waals surface area contributed by atoms with Crippen molar-refractivity contribution in [3.8, 4) is 0 Å². The quantitative estimate of drug-likeness (QED) is 0.550. The van der Waals surface area contributed by atoms with E-state index in [2.05, 4.69) is 9.73 Å². The maximum absolute atomic E-state index is 11.2. The van der Waals surface area contributed by atoms with Gasteiger partial charge >= 0.3 is 5.97 Å². The van der Waals surface area contributed by atoms with Crippen molar-refractivity contribution < 1.29 is 9.53 Å². The molecule has 0 fully saturated rings. The van der Waals surface area contributed by atoms with Gasteiger partial charge in [-0.15, -0.1) is 0 Å². The number of rotatable bonds is 2. The predicted molar refractivity (Wildman–Crippen MR) is 61.0 cm³/mol. The zero-order valence-corrected chi connectivity index (χ0v) is 9.50. The van der Waals surface area contributed by atoms with Crippen LogP contribution in [0.2, 0.25) is 0 Å². The third-order valence-corrected chi connectivity index (χ3v) is 1.96. The first-order valence-electron chi connectivity index (χ1n) is 4.75. The third kappa shape index (κ3) is 2.91. The second-order valence-electron chi connectivity index (χ2n) is 3.55. The Bertz CT molecular complexity index is 404. The highest BCUT2D eigenvalue weighted by Gasteiger charge is 2.06. The molecule has 0 aliphatic rings. The predicted octanol–water partition coefficient (Wildman–Crippen LogP) is 2.89. The van der Waals surface area contributed by atoms with E-state index in [0.717, 1.165) is 17.0 Å². The molecule has 0 spiro atoms. The molecule has 0 aromatic heterocycles. The summed E-state index contributed by atoms with van der Waals surface area (Å²) in [5.41, 5.74) is 3.41. The van der Waals surface area contributed by atoms with Crippen molar-refractivity contribution in [1.82, 2.24) is 0 Å². The van der Waals surface area contributed by atoms with Crippen LogP contribution in [0, 0.1) is 6.92 Å². The van der Waals surface area contributed by atoms with Gasteiger partial charge in [0, 0.05) is 5.71 Å². The number of methoxy groups -OCH3 is 1. The Labute approximate surface area is 89.8 Å². The minimum absolute atomic E-state index is 0.318. The Morgan fingerprint density at radius 3 is 2.47 bits per heavy atom. The van der Waals surface area contributed by atoms with Crippen molar-refractivity contribution in [3.63, 3.8) is 0 Å². The number of carbonyl (C=O) groups is 1. The number of benzene rings is 1. The Balaban J connectivity index is 3.09. The van der Waals surface area contributed by atoms with E-state index in [1.807, 2.05) is 26.8 Å². The van der Waals surface area contributed by atoms with E-state index in [0.29, 0.717) is 5.56 Å². The van der Waals surface area contributed by atoms with Crippen LogP contribution in [0.25, 0.3) is 0 Å². The fourth-order valence-electron chi connectivity index (χ4n) is 1.27. The fraction of sp³-hybridized carbons (Fsp3) is 0.333. The molecule has 0 aliphatic carbocycles. The molecule has 0 atom stereocenters. The largest absolute Gasteiger partial charge is 0.465 e. The van der Waals surface area contributed by atoms with Gasteiger partial charge in [-0.2, -0.15) is 0 Å². The van der Waals surface area contributed by atoms with Crippen molar-refractivity contribution in [3.05, 3.63) is 29.3 Å². The monoisotopic (exact) mass is 205 g/mol. The number of ether oxygens (including phenoxy) is 1. The summed E-state index contributed by atoms with van der Waals surface area (Å²) >= 11 is 0. The van der Waals surface area contributed by atoms with Gasteiger partial charge in [0.15, 0.2) is 0 Å². The highest BCUT2D eigenvalue weighted by Crippen LogP contribution is 2.20. The van der Waals surface area contributed by atoms with Crippen LogP contribution in [0.4, 0.5) is 5.69 Å². The standard InChI is InChI=1S/C12H15NO2/c1-8(2)13-11-6-5-10(7-9(11)3)12(14)15-4/h5-7H,1-4H3.